The molecule has 0 unspecified atom stereocenters. The second-order valence-electron chi connectivity index (χ2n) is 3.96. The first kappa shape index (κ1) is 14.6. The van der Waals surface area contributed by atoms with Crippen molar-refractivity contribution in [2.75, 3.05) is 5.32 Å². The average molecular weight is 308 g/mol. The number of rotatable bonds is 3. The van der Waals surface area contributed by atoms with Gasteiger partial charge in [0.25, 0.3) is 0 Å². The Balaban J connectivity index is 2.49. The molecule has 0 bridgehead atoms. The number of nitriles is 1. The van der Waals surface area contributed by atoms with Crippen LogP contribution in [-0.4, -0.2) is 14.9 Å². The minimum absolute atomic E-state index is 0.0881. The van der Waals surface area contributed by atoms with Crippen molar-refractivity contribution in [2.24, 2.45) is 0 Å². The standard InChI is InChI=1S/C12H7ClFN5O2/c1-6-10(19(20)21)11(18-12(13)16-6)17-8-2-3-9(14)7(4-8)5-15/h2-4H,1H3,(H,16,17,18). The molecule has 21 heavy (non-hydrogen) atoms. The van der Waals surface area contributed by atoms with Crippen molar-refractivity contribution >= 4 is 28.8 Å². The van der Waals surface area contributed by atoms with Gasteiger partial charge in [-0.15, -0.1) is 0 Å². The molecule has 106 valence electrons. The Bertz CT molecular complexity index is 775. The third kappa shape index (κ3) is 3.04. The van der Waals surface area contributed by atoms with Gasteiger partial charge in [0.15, 0.2) is 0 Å². The molecule has 1 heterocycles. The second-order valence-corrected chi connectivity index (χ2v) is 4.30. The van der Waals surface area contributed by atoms with Crippen molar-refractivity contribution < 1.29 is 9.31 Å². The van der Waals surface area contributed by atoms with Gasteiger partial charge in [0.2, 0.25) is 11.1 Å². The molecule has 0 saturated heterocycles. The lowest BCUT2D eigenvalue weighted by molar-refractivity contribution is -0.385. The van der Waals surface area contributed by atoms with Crippen molar-refractivity contribution in [2.45, 2.75) is 6.92 Å². The molecule has 7 nitrogen and oxygen atoms in total. The maximum Gasteiger partial charge on any atom is 0.332 e. The van der Waals surface area contributed by atoms with Crippen LogP contribution in [0, 0.1) is 34.2 Å². The summed E-state index contributed by atoms with van der Waals surface area (Å²) in [6.45, 7) is 1.42. The van der Waals surface area contributed by atoms with Gasteiger partial charge in [-0.1, -0.05) is 0 Å². The number of hydrogen-bond acceptors (Lipinski definition) is 6. The minimum Gasteiger partial charge on any atom is -0.334 e. The van der Waals surface area contributed by atoms with Crippen LogP contribution in [0.5, 0.6) is 0 Å². The van der Waals surface area contributed by atoms with E-state index in [0.717, 1.165) is 6.07 Å². The van der Waals surface area contributed by atoms with E-state index in [1.54, 1.807) is 6.07 Å². The zero-order chi connectivity index (χ0) is 15.6. The molecule has 2 rings (SSSR count). The predicted octanol–water partition coefficient (Wildman–Crippen LogP) is 3.10. The molecular formula is C12H7ClFN5O2. The van der Waals surface area contributed by atoms with E-state index in [0.29, 0.717) is 0 Å². The SMILES string of the molecule is Cc1nc(Cl)nc(Nc2ccc(F)c(C#N)c2)c1[N+](=O)[O-]. The Kier molecular flexibility index (Phi) is 3.95. The molecular weight excluding hydrogens is 301 g/mol. The molecule has 2 aromatic rings. The van der Waals surface area contributed by atoms with E-state index >= 15 is 0 Å². The fourth-order valence-electron chi connectivity index (χ4n) is 1.66. The lowest BCUT2D eigenvalue weighted by Gasteiger charge is -2.08. The number of nitrogens with one attached hydrogen (secondary N) is 1. The summed E-state index contributed by atoms with van der Waals surface area (Å²) >= 11 is 5.68. The van der Waals surface area contributed by atoms with Gasteiger partial charge in [0.05, 0.1) is 10.5 Å². The quantitative estimate of drug-likeness (QED) is 0.530. The molecule has 0 fully saturated rings. The van der Waals surface area contributed by atoms with Crippen molar-refractivity contribution in [1.82, 2.24) is 9.97 Å². The first-order valence-electron chi connectivity index (χ1n) is 5.57. The molecule has 0 aliphatic carbocycles. The van der Waals surface area contributed by atoms with Crippen LogP contribution in [0.15, 0.2) is 18.2 Å². The van der Waals surface area contributed by atoms with Crippen LogP contribution in [0.3, 0.4) is 0 Å². The predicted molar refractivity (Wildman–Crippen MR) is 72.8 cm³/mol. The number of hydrogen-bond donors (Lipinski definition) is 1. The van der Waals surface area contributed by atoms with Gasteiger partial charge >= 0.3 is 5.69 Å². The topological polar surface area (TPSA) is 105 Å². The summed E-state index contributed by atoms with van der Waals surface area (Å²) in [7, 11) is 0. The van der Waals surface area contributed by atoms with Crippen LogP contribution < -0.4 is 5.32 Å². The summed E-state index contributed by atoms with van der Waals surface area (Å²) < 4.78 is 13.2. The molecule has 9 heteroatoms. The number of nitrogens with zero attached hydrogens (tertiary/aromatic N) is 4. The lowest BCUT2D eigenvalue weighted by atomic mass is 10.2. The highest BCUT2D eigenvalue weighted by molar-refractivity contribution is 6.28. The third-order valence-electron chi connectivity index (χ3n) is 2.56. The molecule has 0 saturated carbocycles. The fourth-order valence-corrected chi connectivity index (χ4v) is 1.88. The van der Waals surface area contributed by atoms with Crippen LogP contribution in [0.1, 0.15) is 11.3 Å². The first-order valence-corrected chi connectivity index (χ1v) is 5.95. The van der Waals surface area contributed by atoms with Crippen LogP contribution in [0.4, 0.5) is 21.6 Å². The Morgan fingerprint density at radius 1 is 1.48 bits per heavy atom. The van der Waals surface area contributed by atoms with Crippen molar-refractivity contribution in [3.05, 3.63) is 50.7 Å². The monoisotopic (exact) mass is 307 g/mol. The van der Waals surface area contributed by atoms with Crippen LogP contribution in [0.2, 0.25) is 5.28 Å². The summed E-state index contributed by atoms with van der Waals surface area (Å²) in [5.41, 5.74) is -0.183. The molecule has 1 N–H and O–H groups in total. The van der Waals surface area contributed by atoms with Crippen molar-refractivity contribution in [3.8, 4) is 6.07 Å². The number of aromatic nitrogens is 2. The van der Waals surface area contributed by atoms with E-state index in [2.05, 4.69) is 15.3 Å². The van der Waals surface area contributed by atoms with Gasteiger partial charge < -0.3 is 5.32 Å². The van der Waals surface area contributed by atoms with Crippen LogP contribution >= 0.6 is 11.6 Å². The molecule has 1 aromatic heterocycles. The van der Waals surface area contributed by atoms with E-state index in [9.17, 15) is 14.5 Å². The Hall–Kier alpha value is -2.79. The summed E-state index contributed by atoms with van der Waals surface area (Å²) in [6, 6.07) is 5.28. The minimum atomic E-state index is -0.686. The van der Waals surface area contributed by atoms with Crippen LogP contribution in [-0.2, 0) is 0 Å². The largest absolute Gasteiger partial charge is 0.334 e. The van der Waals surface area contributed by atoms with Gasteiger partial charge in [-0.3, -0.25) is 10.1 Å². The number of halogens is 2. The lowest BCUT2D eigenvalue weighted by Crippen LogP contribution is -2.04. The Labute approximate surface area is 123 Å². The molecule has 1 aromatic carbocycles. The van der Waals surface area contributed by atoms with E-state index in [4.69, 9.17) is 16.9 Å². The molecule has 0 radical (unpaired) electrons. The number of benzene rings is 1. The fraction of sp³-hybridized carbons (Fsp3) is 0.0833. The molecule has 0 aliphatic heterocycles. The number of anilines is 2. The molecule has 0 spiro atoms. The smallest absolute Gasteiger partial charge is 0.332 e. The summed E-state index contributed by atoms with van der Waals surface area (Å²) in [5, 5.41) is 22.3. The Morgan fingerprint density at radius 3 is 2.81 bits per heavy atom. The zero-order valence-corrected chi connectivity index (χ0v) is 11.3. The van der Waals surface area contributed by atoms with E-state index in [1.165, 1.54) is 19.1 Å². The zero-order valence-electron chi connectivity index (χ0n) is 10.6. The molecule has 0 atom stereocenters. The Morgan fingerprint density at radius 2 is 2.19 bits per heavy atom. The van der Waals surface area contributed by atoms with E-state index < -0.39 is 10.7 Å². The summed E-state index contributed by atoms with van der Waals surface area (Å²) in [5.74, 6) is -0.817. The van der Waals surface area contributed by atoms with Crippen LogP contribution in [0.25, 0.3) is 0 Å². The highest BCUT2D eigenvalue weighted by atomic mass is 35.5. The number of aryl methyl sites for hydroxylation is 1. The first-order chi connectivity index (χ1) is 9.92. The van der Waals surface area contributed by atoms with Gasteiger partial charge in [0.1, 0.15) is 17.6 Å². The molecule has 0 amide bonds. The normalized spacial score (nSPS) is 10.0. The number of nitro groups is 1. The van der Waals surface area contributed by atoms with Gasteiger partial charge in [0, 0.05) is 5.69 Å². The molecule has 0 aliphatic rings. The average Bonchev–Trinajstić information content (AvgIpc) is 2.39. The highest BCUT2D eigenvalue weighted by Gasteiger charge is 2.22. The highest BCUT2D eigenvalue weighted by Crippen LogP contribution is 2.29. The van der Waals surface area contributed by atoms with E-state index in [1.807, 2.05) is 0 Å². The summed E-state index contributed by atoms with van der Waals surface area (Å²) in [6.07, 6.45) is 0. The van der Waals surface area contributed by atoms with Crippen molar-refractivity contribution in [1.29, 1.82) is 5.26 Å². The van der Waals surface area contributed by atoms with Gasteiger partial charge in [-0.2, -0.15) is 10.2 Å². The maximum atomic E-state index is 13.2. The maximum absolute atomic E-state index is 13.2. The third-order valence-corrected chi connectivity index (χ3v) is 2.73. The van der Waals surface area contributed by atoms with Gasteiger partial charge in [-0.25, -0.2) is 9.37 Å². The second kappa shape index (κ2) is 5.68. The van der Waals surface area contributed by atoms with Gasteiger partial charge in [-0.05, 0) is 36.7 Å². The van der Waals surface area contributed by atoms with E-state index in [-0.39, 0.29) is 33.7 Å². The van der Waals surface area contributed by atoms with Crippen molar-refractivity contribution in [3.63, 3.8) is 0 Å². The summed E-state index contributed by atoms with van der Waals surface area (Å²) in [4.78, 5) is 17.9.